The lowest BCUT2D eigenvalue weighted by atomic mass is 10.1. The van der Waals surface area contributed by atoms with Gasteiger partial charge in [-0.25, -0.2) is 0 Å². The molecule has 22 heavy (non-hydrogen) atoms. The van der Waals surface area contributed by atoms with E-state index in [1.165, 1.54) is 0 Å². The SMILES string of the molecule is NN=Cc1cccc([C@H]2C[C@H]2C(=O)Nc2ccc(Br)cc2)c1. The molecule has 2 aromatic carbocycles. The highest BCUT2D eigenvalue weighted by Crippen LogP contribution is 2.48. The molecule has 1 aliphatic rings. The van der Waals surface area contributed by atoms with Crippen molar-refractivity contribution in [3.05, 3.63) is 64.1 Å². The Morgan fingerprint density at radius 3 is 2.77 bits per heavy atom. The van der Waals surface area contributed by atoms with Gasteiger partial charge in [0.2, 0.25) is 5.91 Å². The van der Waals surface area contributed by atoms with E-state index in [1.54, 1.807) is 6.21 Å². The lowest BCUT2D eigenvalue weighted by molar-refractivity contribution is -0.117. The summed E-state index contributed by atoms with van der Waals surface area (Å²) in [6.07, 6.45) is 2.49. The molecule has 0 aliphatic heterocycles. The van der Waals surface area contributed by atoms with Crippen molar-refractivity contribution < 1.29 is 4.79 Å². The normalized spacial score (nSPS) is 20.0. The van der Waals surface area contributed by atoms with Crippen molar-refractivity contribution in [1.82, 2.24) is 0 Å². The fourth-order valence-electron chi connectivity index (χ4n) is 2.58. The second-order valence-electron chi connectivity index (χ2n) is 5.39. The van der Waals surface area contributed by atoms with Crippen molar-refractivity contribution >= 4 is 33.7 Å². The predicted octanol–water partition coefficient (Wildman–Crippen LogP) is 3.48. The van der Waals surface area contributed by atoms with E-state index in [0.29, 0.717) is 0 Å². The number of carbonyl (C=O) groups is 1. The fourth-order valence-corrected chi connectivity index (χ4v) is 2.84. The van der Waals surface area contributed by atoms with Crippen LogP contribution >= 0.6 is 15.9 Å². The minimum atomic E-state index is 0.0358. The number of carbonyl (C=O) groups excluding carboxylic acids is 1. The highest BCUT2D eigenvalue weighted by atomic mass is 79.9. The summed E-state index contributed by atoms with van der Waals surface area (Å²) in [7, 11) is 0. The lowest BCUT2D eigenvalue weighted by Gasteiger charge is -2.05. The topological polar surface area (TPSA) is 67.5 Å². The lowest BCUT2D eigenvalue weighted by Crippen LogP contribution is -2.14. The molecule has 112 valence electrons. The first-order valence-corrected chi connectivity index (χ1v) is 7.86. The molecule has 0 spiro atoms. The highest BCUT2D eigenvalue weighted by Gasteiger charge is 2.43. The van der Waals surface area contributed by atoms with Gasteiger partial charge in [-0.15, -0.1) is 0 Å². The van der Waals surface area contributed by atoms with E-state index >= 15 is 0 Å². The summed E-state index contributed by atoms with van der Waals surface area (Å²) in [4.78, 5) is 12.3. The summed E-state index contributed by atoms with van der Waals surface area (Å²) in [6.45, 7) is 0. The van der Waals surface area contributed by atoms with Crippen molar-refractivity contribution in [3.8, 4) is 0 Å². The number of anilines is 1. The number of halogens is 1. The van der Waals surface area contributed by atoms with Crippen molar-refractivity contribution in [2.45, 2.75) is 12.3 Å². The molecule has 2 aromatic rings. The summed E-state index contributed by atoms with van der Waals surface area (Å²) in [5.74, 6) is 5.57. The van der Waals surface area contributed by atoms with E-state index in [-0.39, 0.29) is 17.7 Å². The molecule has 0 bridgehead atoms. The Morgan fingerprint density at radius 2 is 2.05 bits per heavy atom. The summed E-state index contributed by atoms with van der Waals surface area (Å²) < 4.78 is 0.994. The molecule has 0 heterocycles. The van der Waals surface area contributed by atoms with E-state index in [4.69, 9.17) is 5.84 Å². The number of hydrogen-bond acceptors (Lipinski definition) is 3. The van der Waals surface area contributed by atoms with Crippen LogP contribution < -0.4 is 11.2 Å². The Hall–Kier alpha value is -2.14. The minimum Gasteiger partial charge on any atom is -0.326 e. The first-order valence-electron chi connectivity index (χ1n) is 7.07. The van der Waals surface area contributed by atoms with E-state index in [1.807, 2.05) is 48.5 Å². The molecule has 1 fully saturated rings. The summed E-state index contributed by atoms with van der Waals surface area (Å²) in [5, 5.41) is 6.50. The van der Waals surface area contributed by atoms with Gasteiger partial charge in [-0.05, 0) is 53.8 Å². The largest absolute Gasteiger partial charge is 0.326 e. The average Bonchev–Trinajstić information content (AvgIpc) is 3.31. The quantitative estimate of drug-likeness (QED) is 0.499. The molecular formula is C17H16BrN3O. The second kappa shape index (κ2) is 6.32. The summed E-state index contributed by atoms with van der Waals surface area (Å²) in [5.41, 5.74) is 2.94. The molecule has 3 N–H and O–H groups in total. The van der Waals surface area contributed by atoms with Gasteiger partial charge in [-0.2, -0.15) is 5.10 Å². The van der Waals surface area contributed by atoms with Crippen LogP contribution in [0, 0.1) is 5.92 Å². The van der Waals surface area contributed by atoms with E-state index in [9.17, 15) is 4.79 Å². The number of nitrogens with one attached hydrogen (secondary N) is 1. The third-order valence-electron chi connectivity index (χ3n) is 3.80. The molecule has 1 amide bonds. The van der Waals surface area contributed by atoms with Gasteiger partial charge in [0, 0.05) is 16.1 Å². The van der Waals surface area contributed by atoms with Crippen LogP contribution in [0.2, 0.25) is 0 Å². The van der Waals surface area contributed by atoms with Crippen LogP contribution in [-0.2, 0) is 4.79 Å². The number of benzene rings is 2. The Labute approximate surface area is 137 Å². The molecule has 4 nitrogen and oxygen atoms in total. The average molecular weight is 358 g/mol. The smallest absolute Gasteiger partial charge is 0.228 e. The van der Waals surface area contributed by atoms with E-state index < -0.39 is 0 Å². The predicted molar refractivity (Wildman–Crippen MR) is 91.8 cm³/mol. The summed E-state index contributed by atoms with van der Waals surface area (Å²) in [6, 6.07) is 15.6. The van der Waals surface area contributed by atoms with Crippen LogP contribution in [0.4, 0.5) is 5.69 Å². The van der Waals surface area contributed by atoms with Crippen molar-refractivity contribution in [2.75, 3.05) is 5.32 Å². The molecule has 2 atom stereocenters. The van der Waals surface area contributed by atoms with Crippen LogP contribution in [-0.4, -0.2) is 12.1 Å². The van der Waals surface area contributed by atoms with Gasteiger partial charge in [-0.3, -0.25) is 4.79 Å². The van der Waals surface area contributed by atoms with Gasteiger partial charge in [0.25, 0.3) is 0 Å². The van der Waals surface area contributed by atoms with Crippen molar-refractivity contribution in [1.29, 1.82) is 0 Å². The molecule has 0 aromatic heterocycles. The van der Waals surface area contributed by atoms with Gasteiger partial charge in [0.1, 0.15) is 0 Å². The number of nitrogens with zero attached hydrogens (tertiary/aromatic N) is 1. The standard InChI is InChI=1S/C17H16BrN3O/c18-13-4-6-14(7-5-13)21-17(22)16-9-15(16)12-3-1-2-11(8-12)10-20-19/h1-8,10,15-16H,9,19H2,(H,21,22)/t15-,16-/m1/s1. The molecule has 0 saturated heterocycles. The Bertz CT molecular complexity index is 712. The Morgan fingerprint density at radius 1 is 1.27 bits per heavy atom. The van der Waals surface area contributed by atoms with Gasteiger partial charge in [0.05, 0.1) is 6.21 Å². The zero-order valence-electron chi connectivity index (χ0n) is 11.9. The van der Waals surface area contributed by atoms with Gasteiger partial charge < -0.3 is 11.2 Å². The number of nitrogens with two attached hydrogens (primary N) is 1. The zero-order chi connectivity index (χ0) is 15.5. The highest BCUT2D eigenvalue weighted by molar-refractivity contribution is 9.10. The Kier molecular flexibility index (Phi) is 4.24. The molecular weight excluding hydrogens is 342 g/mol. The molecule has 1 saturated carbocycles. The summed E-state index contributed by atoms with van der Waals surface area (Å²) >= 11 is 3.38. The van der Waals surface area contributed by atoms with Crippen molar-refractivity contribution in [2.24, 2.45) is 16.9 Å². The number of hydrogen-bond donors (Lipinski definition) is 2. The monoisotopic (exact) mass is 357 g/mol. The molecule has 0 radical (unpaired) electrons. The van der Waals surface area contributed by atoms with Crippen LogP contribution in [0.3, 0.4) is 0 Å². The van der Waals surface area contributed by atoms with Crippen LogP contribution in [0.5, 0.6) is 0 Å². The van der Waals surface area contributed by atoms with E-state index in [2.05, 4.69) is 26.3 Å². The minimum absolute atomic E-state index is 0.0358. The first-order chi connectivity index (χ1) is 10.7. The third kappa shape index (κ3) is 3.36. The van der Waals surface area contributed by atoms with Gasteiger partial charge in [0.15, 0.2) is 0 Å². The van der Waals surface area contributed by atoms with Crippen molar-refractivity contribution in [3.63, 3.8) is 0 Å². The molecule has 5 heteroatoms. The zero-order valence-corrected chi connectivity index (χ0v) is 13.5. The maximum absolute atomic E-state index is 12.3. The maximum Gasteiger partial charge on any atom is 0.228 e. The van der Waals surface area contributed by atoms with Crippen LogP contribution in [0.15, 0.2) is 58.1 Å². The fraction of sp³-hybridized carbons (Fsp3) is 0.176. The first kappa shape index (κ1) is 14.8. The molecule has 1 aliphatic carbocycles. The number of rotatable bonds is 4. The van der Waals surface area contributed by atoms with Crippen LogP contribution in [0.1, 0.15) is 23.5 Å². The maximum atomic E-state index is 12.3. The number of amides is 1. The Balaban J connectivity index is 1.65. The second-order valence-corrected chi connectivity index (χ2v) is 6.31. The van der Waals surface area contributed by atoms with E-state index in [0.717, 1.165) is 27.7 Å². The van der Waals surface area contributed by atoms with Crippen LogP contribution in [0.25, 0.3) is 0 Å². The van der Waals surface area contributed by atoms with Gasteiger partial charge >= 0.3 is 0 Å². The third-order valence-corrected chi connectivity index (χ3v) is 4.33. The molecule has 0 unspecified atom stereocenters. The number of hydrazone groups is 1. The van der Waals surface area contributed by atoms with Gasteiger partial charge in [-0.1, -0.05) is 34.1 Å². The molecule has 3 rings (SSSR count).